The molecule has 0 spiro atoms. The number of benzene rings is 2. The first-order chi connectivity index (χ1) is 8.66. The van der Waals surface area contributed by atoms with Crippen molar-refractivity contribution in [1.82, 2.24) is 0 Å². The Hall–Kier alpha value is -2.49. The number of hydrogen-bond acceptors (Lipinski definition) is 2. The van der Waals surface area contributed by atoms with Gasteiger partial charge < -0.3 is 0 Å². The van der Waals surface area contributed by atoms with Crippen LogP contribution in [0.4, 0.5) is 10.1 Å². The van der Waals surface area contributed by atoms with Gasteiger partial charge in [0.2, 0.25) is 0 Å². The number of nitro benzene ring substituents is 1. The minimum atomic E-state index is -0.458. The van der Waals surface area contributed by atoms with E-state index in [0.29, 0.717) is 11.1 Å². The van der Waals surface area contributed by atoms with Crippen LogP contribution in [0.3, 0.4) is 0 Å². The van der Waals surface area contributed by atoms with E-state index in [0.717, 1.165) is 0 Å². The average Bonchev–Trinajstić information content (AvgIpc) is 2.38. The Morgan fingerprint density at radius 1 is 1.06 bits per heavy atom. The molecule has 0 aliphatic rings. The molecule has 2 aromatic rings. The van der Waals surface area contributed by atoms with E-state index in [1.807, 2.05) is 0 Å². The highest BCUT2D eigenvalue weighted by atomic mass is 19.1. The fraction of sp³-hybridized carbons (Fsp3) is 0. The first-order valence-electron chi connectivity index (χ1n) is 5.34. The van der Waals surface area contributed by atoms with Gasteiger partial charge in [-0.3, -0.25) is 10.1 Å². The largest absolute Gasteiger partial charge is 0.270 e. The van der Waals surface area contributed by atoms with E-state index in [2.05, 4.69) is 0 Å². The number of rotatable bonds is 3. The second kappa shape index (κ2) is 5.23. The molecule has 0 aliphatic heterocycles. The van der Waals surface area contributed by atoms with E-state index in [9.17, 15) is 14.5 Å². The van der Waals surface area contributed by atoms with Crippen molar-refractivity contribution >= 4 is 17.8 Å². The molecule has 4 heteroatoms. The zero-order valence-electron chi connectivity index (χ0n) is 9.42. The Morgan fingerprint density at radius 2 is 1.83 bits per heavy atom. The van der Waals surface area contributed by atoms with Gasteiger partial charge in [-0.1, -0.05) is 42.5 Å². The molecule has 0 saturated heterocycles. The third-order valence-electron chi connectivity index (χ3n) is 2.44. The molecule has 0 aliphatic carbocycles. The number of hydrogen-bond donors (Lipinski definition) is 0. The Labute approximate surface area is 103 Å². The molecule has 2 aromatic carbocycles. The summed E-state index contributed by atoms with van der Waals surface area (Å²) in [5.74, 6) is -0.320. The van der Waals surface area contributed by atoms with Crippen molar-refractivity contribution in [3.8, 4) is 0 Å². The summed E-state index contributed by atoms with van der Waals surface area (Å²) in [5.41, 5.74) is 1.13. The van der Waals surface area contributed by atoms with Gasteiger partial charge >= 0.3 is 0 Å². The van der Waals surface area contributed by atoms with E-state index in [-0.39, 0.29) is 11.5 Å². The van der Waals surface area contributed by atoms with Gasteiger partial charge in [-0.15, -0.1) is 0 Å². The lowest BCUT2D eigenvalue weighted by Gasteiger charge is -1.96. The lowest BCUT2D eigenvalue weighted by molar-refractivity contribution is -0.384. The Kier molecular flexibility index (Phi) is 3.48. The topological polar surface area (TPSA) is 43.1 Å². The van der Waals surface area contributed by atoms with Crippen LogP contribution in [0.2, 0.25) is 0 Å². The quantitative estimate of drug-likeness (QED) is 0.466. The standard InChI is InChI=1S/C14H10FNO2/c15-14-7-2-1-5-12(14)9-8-11-4-3-6-13(10-11)16(17)18/h1-10H. The van der Waals surface area contributed by atoms with Crippen molar-refractivity contribution < 1.29 is 9.31 Å². The molecule has 0 saturated carbocycles. The first kappa shape index (κ1) is 12.0. The van der Waals surface area contributed by atoms with Gasteiger partial charge in [0.25, 0.3) is 5.69 Å². The lowest BCUT2D eigenvalue weighted by Crippen LogP contribution is -1.87. The summed E-state index contributed by atoms with van der Waals surface area (Å²) in [5, 5.41) is 10.6. The molecule has 90 valence electrons. The number of halogens is 1. The van der Waals surface area contributed by atoms with Gasteiger partial charge in [0.05, 0.1) is 4.92 Å². The lowest BCUT2D eigenvalue weighted by atomic mass is 10.1. The van der Waals surface area contributed by atoms with Crippen LogP contribution in [-0.2, 0) is 0 Å². The molecular formula is C14H10FNO2. The smallest absolute Gasteiger partial charge is 0.258 e. The molecular weight excluding hydrogens is 233 g/mol. The first-order valence-corrected chi connectivity index (χ1v) is 5.34. The summed E-state index contributed by atoms with van der Waals surface area (Å²) in [6.07, 6.45) is 3.24. The van der Waals surface area contributed by atoms with Gasteiger partial charge in [0, 0.05) is 17.7 Å². The summed E-state index contributed by atoms with van der Waals surface area (Å²) < 4.78 is 13.3. The van der Waals surface area contributed by atoms with Gasteiger partial charge in [-0.2, -0.15) is 0 Å². The third-order valence-corrected chi connectivity index (χ3v) is 2.44. The number of nitrogens with zero attached hydrogens (tertiary/aromatic N) is 1. The van der Waals surface area contributed by atoms with Crippen LogP contribution in [0.25, 0.3) is 12.2 Å². The predicted octanol–water partition coefficient (Wildman–Crippen LogP) is 3.90. The maximum absolute atomic E-state index is 13.3. The highest BCUT2D eigenvalue weighted by molar-refractivity contribution is 5.70. The molecule has 0 atom stereocenters. The molecule has 0 heterocycles. The van der Waals surface area contributed by atoms with E-state index < -0.39 is 4.92 Å². The molecule has 18 heavy (non-hydrogen) atoms. The van der Waals surface area contributed by atoms with Gasteiger partial charge in [0.1, 0.15) is 5.82 Å². The Morgan fingerprint density at radius 3 is 2.56 bits per heavy atom. The Balaban J connectivity index is 2.27. The Bertz CT molecular complexity index is 608. The van der Waals surface area contributed by atoms with Crippen molar-refractivity contribution in [1.29, 1.82) is 0 Å². The molecule has 0 bridgehead atoms. The molecule has 0 radical (unpaired) electrons. The van der Waals surface area contributed by atoms with Gasteiger partial charge in [-0.25, -0.2) is 4.39 Å². The van der Waals surface area contributed by atoms with Crippen molar-refractivity contribution in [2.45, 2.75) is 0 Å². The molecule has 0 aromatic heterocycles. The number of non-ortho nitro benzene ring substituents is 1. The molecule has 0 unspecified atom stereocenters. The van der Waals surface area contributed by atoms with E-state index in [1.165, 1.54) is 18.2 Å². The second-order valence-corrected chi connectivity index (χ2v) is 3.71. The monoisotopic (exact) mass is 243 g/mol. The summed E-state index contributed by atoms with van der Waals surface area (Å²) in [4.78, 5) is 10.1. The van der Waals surface area contributed by atoms with Crippen molar-refractivity contribution in [3.63, 3.8) is 0 Å². The summed E-state index contributed by atoms with van der Waals surface area (Å²) >= 11 is 0. The fourth-order valence-electron chi connectivity index (χ4n) is 1.54. The summed E-state index contributed by atoms with van der Waals surface area (Å²) in [6, 6.07) is 12.5. The molecule has 2 rings (SSSR count). The minimum absolute atomic E-state index is 0.0192. The van der Waals surface area contributed by atoms with Crippen LogP contribution < -0.4 is 0 Å². The van der Waals surface area contributed by atoms with Crippen molar-refractivity contribution in [2.75, 3.05) is 0 Å². The summed E-state index contributed by atoms with van der Waals surface area (Å²) in [6.45, 7) is 0. The van der Waals surface area contributed by atoms with E-state index >= 15 is 0 Å². The third kappa shape index (κ3) is 2.79. The van der Waals surface area contributed by atoms with Gasteiger partial charge in [-0.05, 0) is 11.6 Å². The fourth-order valence-corrected chi connectivity index (χ4v) is 1.54. The normalized spacial score (nSPS) is 10.7. The van der Waals surface area contributed by atoms with Crippen LogP contribution in [0.5, 0.6) is 0 Å². The maximum Gasteiger partial charge on any atom is 0.270 e. The molecule has 0 amide bonds. The maximum atomic E-state index is 13.3. The minimum Gasteiger partial charge on any atom is -0.258 e. The molecule has 0 fully saturated rings. The van der Waals surface area contributed by atoms with Crippen molar-refractivity contribution in [2.24, 2.45) is 0 Å². The summed E-state index contributed by atoms with van der Waals surface area (Å²) in [7, 11) is 0. The van der Waals surface area contributed by atoms with Gasteiger partial charge in [0.15, 0.2) is 0 Å². The number of nitro groups is 1. The van der Waals surface area contributed by atoms with Crippen molar-refractivity contribution in [3.05, 3.63) is 75.6 Å². The van der Waals surface area contributed by atoms with E-state index in [1.54, 1.807) is 42.5 Å². The SMILES string of the molecule is O=[N+]([O-])c1cccc(C=Cc2ccccc2F)c1. The predicted molar refractivity (Wildman–Crippen MR) is 68.4 cm³/mol. The van der Waals surface area contributed by atoms with Crippen LogP contribution >= 0.6 is 0 Å². The molecule has 0 N–H and O–H groups in total. The van der Waals surface area contributed by atoms with Crippen LogP contribution in [0, 0.1) is 15.9 Å². The van der Waals surface area contributed by atoms with Crippen LogP contribution in [0.1, 0.15) is 11.1 Å². The van der Waals surface area contributed by atoms with Crippen LogP contribution in [0.15, 0.2) is 48.5 Å². The average molecular weight is 243 g/mol. The molecule has 3 nitrogen and oxygen atoms in total. The van der Waals surface area contributed by atoms with E-state index in [4.69, 9.17) is 0 Å². The highest BCUT2D eigenvalue weighted by Gasteiger charge is 2.03. The second-order valence-electron chi connectivity index (χ2n) is 3.71. The highest BCUT2D eigenvalue weighted by Crippen LogP contribution is 2.16. The zero-order valence-corrected chi connectivity index (χ0v) is 9.42. The van der Waals surface area contributed by atoms with Crippen LogP contribution in [-0.4, -0.2) is 4.92 Å². The zero-order chi connectivity index (χ0) is 13.0.